The van der Waals surface area contributed by atoms with Crippen LogP contribution in [0.2, 0.25) is 0 Å². The summed E-state index contributed by atoms with van der Waals surface area (Å²) in [5, 5.41) is 2.67. The highest BCUT2D eigenvalue weighted by Crippen LogP contribution is 2.13. The number of nitrogens with one attached hydrogen (secondary N) is 1. The van der Waals surface area contributed by atoms with Crippen LogP contribution >= 0.6 is 0 Å². The second-order valence-corrected chi connectivity index (χ2v) is 10.1. The molecule has 1 aliphatic rings. The van der Waals surface area contributed by atoms with Gasteiger partial charge in [0.05, 0.1) is 22.5 Å². The topological polar surface area (TPSA) is 80.3 Å². The molecule has 0 amide bonds. The molecule has 1 aliphatic heterocycles. The van der Waals surface area contributed by atoms with Crippen LogP contribution in [0.1, 0.15) is 27.2 Å². The maximum atomic E-state index is 11.9. The zero-order valence-corrected chi connectivity index (χ0v) is 12.9. The zero-order valence-electron chi connectivity index (χ0n) is 11.2. The summed E-state index contributed by atoms with van der Waals surface area (Å²) in [4.78, 5) is 0. The summed E-state index contributed by atoms with van der Waals surface area (Å²) in [5.41, 5.74) is 0. The van der Waals surface area contributed by atoms with Crippen molar-refractivity contribution in [2.75, 3.05) is 23.8 Å². The monoisotopic (exact) mass is 297 g/mol. The number of rotatable bonds is 6. The number of hydrogen-bond donors (Lipinski definition) is 1. The van der Waals surface area contributed by atoms with Crippen molar-refractivity contribution in [2.45, 2.75) is 38.5 Å². The molecule has 1 saturated heterocycles. The molecule has 0 radical (unpaired) electrons. The Morgan fingerprint density at radius 2 is 1.89 bits per heavy atom. The lowest BCUT2D eigenvalue weighted by atomic mass is 10.2. The van der Waals surface area contributed by atoms with Crippen molar-refractivity contribution in [3.8, 4) is 0 Å². The molecule has 1 N–H and O–H groups in total. The third-order valence-electron chi connectivity index (χ3n) is 3.56. The van der Waals surface area contributed by atoms with E-state index in [1.54, 1.807) is 6.92 Å². The lowest BCUT2D eigenvalue weighted by Crippen LogP contribution is -2.36. The molecule has 0 aromatic carbocycles. The summed E-state index contributed by atoms with van der Waals surface area (Å²) in [7, 11) is -6.00. The molecule has 7 heteroatoms. The van der Waals surface area contributed by atoms with E-state index in [2.05, 4.69) is 5.32 Å². The molecule has 5 nitrogen and oxygen atoms in total. The lowest BCUT2D eigenvalue weighted by molar-refractivity contribution is 0.533. The first kappa shape index (κ1) is 15.9. The van der Waals surface area contributed by atoms with Gasteiger partial charge in [0.15, 0.2) is 19.7 Å². The Labute approximate surface area is 110 Å². The van der Waals surface area contributed by atoms with Crippen LogP contribution in [-0.4, -0.2) is 51.9 Å². The second kappa shape index (κ2) is 5.88. The van der Waals surface area contributed by atoms with Gasteiger partial charge in [-0.25, -0.2) is 16.8 Å². The molecule has 2 unspecified atom stereocenters. The van der Waals surface area contributed by atoms with E-state index in [0.717, 1.165) is 0 Å². The average Bonchev–Trinajstić information content (AvgIpc) is 2.56. The van der Waals surface area contributed by atoms with Crippen molar-refractivity contribution >= 4 is 19.7 Å². The normalized spacial score (nSPS) is 25.4. The van der Waals surface area contributed by atoms with Gasteiger partial charge in [0, 0.05) is 12.6 Å². The van der Waals surface area contributed by atoms with Crippen LogP contribution in [0.5, 0.6) is 0 Å². The summed E-state index contributed by atoms with van der Waals surface area (Å²) >= 11 is 0. The van der Waals surface area contributed by atoms with Crippen LogP contribution in [0, 0.1) is 5.92 Å². The van der Waals surface area contributed by atoms with E-state index < -0.39 is 19.7 Å². The minimum atomic E-state index is -3.09. The molecule has 0 bridgehead atoms. The minimum Gasteiger partial charge on any atom is -0.312 e. The predicted octanol–water partition coefficient (Wildman–Crippen LogP) is 0.222. The van der Waals surface area contributed by atoms with Crippen LogP contribution in [0.15, 0.2) is 0 Å². The zero-order chi connectivity index (χ0) is 14.0. The predicted molar refractivity (Wildman–Crippen MR) is 73.1 cm³/mol. The van der Waals surface area contributed by atoms with Gasteiger partial charge in [-0.1, -0.05) is 13.8 Å². The average molecular weight is 297 g/mol. The van der Waals surface area contributed by atoms with Gasteiger partial charge in [0.2, 0.25) is 0 Å². The molecule has 18 heavy (non-hydrogen) atoms. The van der Waals surface area contributed by atoms with Crippen molar-refractivity contribution < 1.29 is 16.8 Å². The molecule has 1 heterocycles. The van der Waals surface area contributed by atoms with E-state index >= 15 is 0 Å². The van der Waals surface area contributed by atoms with Crippen molar-refractivity contribution in [2.24, 2.45) is 5.92 Å². The van der Waals surface area contributed by atoms with Gasteiger partial charge < -0.3 is 5.32 Å². The number of hydrogen-bond acceptors (Lipinski definition) is 5. The minimum absolute atomic E-state index is 0.0723. The van der Waals surface area contributed by atoms with Crippen LogP contribution in [0.25, 0.3) is 0 Å². The molecule has 108 valence electrons. The highest BCUT2D eigenvalue weighted by Gasteiger charge is 2.28. The fraction of sp³-hybridized carbons (Fsp3) is 1.00. The summed E-state index contributed by atoms with van der Waals surface area (Å²) in [6.07, 6.45) is 0.585. The first-order valence-electron chi connectivity index (χ1n) is 6.29. The summed E-state index contributed by atoms with van der Waals surface area (Å²) < 4.78 is 46.3. The van der Waals surface area contributed by atoms with E-state index in [-0.39, 0.29) is 34.5 Å². The van der Waals surface area contributed by atoms with Gasteiger partial charge in [-0.3, -0.25) is 0 Å². The van der Waals surface area contributed by atoms with Crippen molar-refractivity contribution in [3.63, 3.8) is 0 Å². The van der Waals surface area contributed by atoms with Gasteiger partial charge in [0.25, 0.3) is 0 Å². The highest BCUT2D eigenvalue weighted by molar-refractivity contribution is 7.92. The largest absolute Gasteiger partial charge is 0.312 e. The standard InChI is InChI=1S/C11H23NO4S2/c1-9(2)10(3)18(15,16)7-5-12-11-4-6-17(13,14)8-11/h9-12H,4-8H2,1-3H3. The smallest absolute Gasteiger partial charge is 0.154 e. The lowest BCUT2D eigenvalue weighted by Gasteiger charge is -2.17. The Morgan fingerprint density at radius 3 is 2.33 bits per heavy atom. The fourth-order valence-corrected chi connectivity index (χ4v) is 5.27. The van der Waals surface area contributed by atoms with Crippen LogP contribution in [-0.2, 0) is 19.7 Å². The highest BCUT2D eigenvalue weighted by atomic mass is 32.2. The van der Waals surface area contributed by atoms with Crippen molar-refractivity contribution in [1.29, 1.82) is 0 Å². The molecule has 1 fully saturated rings. The molecular weight excluding hydrogens is 274 g/mol. The van der Waals surface area contributed by atoms with E-state index in [4.69, 9.17) is 0 Å². The van der Waals surface area contributed by atoms with Crippen LogP contribution in [0.4, 0.5) is 0 Å². The van der Waals surface area contributed by atoms with Gasteiger partial charge in [0.1, 0.15) is 0 Å². The van der Waals surface area contributed by atoms with Gasteiger partial charge >= 0.3 is 0 Å². The Hall–Kier alpha value is -0.140. The summed E-state index contributed by atoms with van der Waals surface area (Å²) in [6.45, 7) is 5.83. The Balaban J connectivity index is 2.39. The molecule has 0 spiro atoms. The van der Waals surface area contributed by atoms with Gasteiger partial charge in [-0.05, 0) is 19.3 Å². The van der Waals surface area contributed by atoms with Crippen LogP contribution in [0.3, 0.4) is 0 Å². The van der Waals surface area contributed by atoms with Crippen molar-refractivity contribution in [3.05, 3.63) is 0 Å². The second-order valence-electron chi connectivity index (χ2n) is 5.37. The third-order valence-corrected chi connectivity index (χ3v) is 7.78. The van der Waals surface area contributed by atoms with Crippen molar-refractivity contribution in [1.82, 2.24) is 5.32 Å². The molecular formula is C11H23NO4S2. The molecule has 1 rings (SSSR count). The summed E-state index contributed by atoms with van der Waals surface area (Å²) in [6, 6.07) is -0.0837. The van der Waals surface area contributed by atoms with E-state index in [1.807, 2.05) is 13.8 Å². The molecule has 0 aromatic rings. The summed E-state index contributed by atoms with van der Waals surface area (Å²) in [5.74, 6) is 0.511. The molecule has 0 aromatic heterocycles. The van der Waals surface area contributed by atoms with E-state index in [1.165, 1.54) is 0 Å². The van der Waals surface area contributed by atoms with E-state index in [0.29, 0.717) is 13.0 Å². The van der Waals surface area contributed by atoms with E-state index in [9.17, 15) is 16.8 Å². The SMILES string of the molecule is CC(C)C(C)S(=O)(=O)CCNC1CCS(=O)(=O)C1. The molecule has 2 atom stereocenters. The van der Waals surface area contributed by atoms with Gasteiger partial charge in [-0.2, -0.15) is 0 Å². The first-order chi connectivity index (χ1) is 8.14. The third kappa shape index (κ3) is 4.51. The quantitative estimate of drug-likeness (QED) is 0.759. The Bertz CT molecular complexity index is 467. The van der Waals surface area contributed by atoms with Crippen LogP contribution < -0.4 is 5.32 Å². The molecule has 0 saturated carbocycles. The first-order valence-corrected chi connectivity index (χ1v) is 9.83. The maximum Gasteiger partial charge on any atom is 0.154 e. The molecule has 0 aliphatic carbocycles. The van der Waals surface area contributed by atoms with Gasteiger partial charge in [-0.15, -0.1) is 0 Å². The fourth-order valence-electron chi connectivity index (χ4n) is 1.96. The maximum absolute atomic E-state index is 11.9. The Kier molecular flexibility index (Phi) is 5.20. The number of sulfone groups is 2. The Morgan fingerprint density at radius 1 is 1.28 bits per heavy atom.